The van der Waals surface area contributed by atoms with Gasteiger partial charge in [-0.15, -0.1) is 11.3 Å². The van der Waals surface area contributed by atoms with Crippen LogP contribution >= 0.6 is 23.6 Å². The van der Waals surface area contributed by atoms with Gasteiger partial charge in [-0.3, -0.25) is 0 Å². The van der Waals surface area contributed by atoms with Gasteiger partial charge in [0.2, 0.25) is 0 Å². The van der Waals surface area contributed by atoms with Gasteiger partial charge in [0.1, 0.15) is 0 Å². The molecule has 100 valence electrons. The Morgan fingerprint density at radius 3 is 2.74 bits per heavy atom. The molecule has 1 aromatic heterocycles. The number of nitrogens with zero attached hydrogens (tertiary/aromatic N) is 1. The second kappa shape index (κ2) is 6.17. The lowest BCUT2D eigenvalue weighted by molar-refractivity contribution is 0.512. The van der Waals surface area contributed by atoms with Gasteiger partial charge in [0.15, 0.2) is 5.11 Å². The lowest BCUT2D eigenvalue weighted by atomic mass is 10.2. The maximum absolute atomic E-state index is 5.44. The first-order valence-corrected chi connectivity index (χ1v) is 7.47. The Labute approximate surface area is 124 Å². The molecule has 2 rings (SSSR count). The van der Waals surface area contributed by atoms with E-state index >= 15 is 0 Å². The van der Waals surface area contributed by atoms with Crippen molar-refractivity contribution in [2.24, 2.45) is 0 Å². The predicted molar refractivity (Wildman–Crippen MR) is 87.9 cm³/mol. The SMILES string of the molecule is Cc1cccc(NC(=S)N(C)Cc2sccc2C)c1. The van der Waals surface area contributed by atoms with Gasteiger partial charge in [-0.2, -0.15) is 0 Å². The maximum atomic E-state index is 5.44. The molecule has 2 nitrogen and oxygen atoms in total. The number of hydrogen-bond donors (Lipinski definition) is 1. The van der Waals surface area contributed by atoms with E-state index in [2.05, 4.69) is 47.6 Å². The molecule has 0 bridgehead atoms. The average molecular weight is 290 g/mol. The van der Waals surface area contributed by atoms with Crippen LogP contribution in [0.4, 0.5) is 5.69 Å². The first-order valence-electron chi connectivity index (χ1n) is 6.18. The van der Waals surface area contributed by atoms with Crippen molar-refractivity contribution in [2.45, 2.75) is 20.4 Å². The molecule has 0 radical (unpaired) electrons. The lowest BCUT2D eigenvalue weighted by Crippen LogP contribution is -2.30. The number of aryl methyl sites for hydroxylation is 2. The van der Waals surface area contributed by atoms with Crippen LogP contribution in [0.3, 0.4) is 0 Å². The van der Waals surface area contributed by atoms with Crippen molar-refractivity contribution < 1.29 is 0 Å². The summed E-state index contributed by atoms with van der Waals surface area (Å²) in [5.41, 5.74) is 3.60. The first-order chi connectivity index (χ1) is 9.06. The van der Waals surface area contributed by atoms with E-state index in [0.29, 0.717) is 0 Å². The Hall–Kier alpha value is -1.39. The smallest absolute Gasteiger partial charge is 0.173 e. The molecule has 0 unspecified atom stereocenters. The number of thiocarbonyl (C=S) groups is 1. The molecule has 0 amide bonds. The summed E-state index contributed by atoms with van der Waals surface area (Å²) in [5, 5.41) is 6.15. The summed E-state index contributed by atoms with van der Waals surface area (Å²) >= 11 is 7.21. The third-order valence-corrected chi connectivity index (χ3v) is 4.39. The molecule has 0 aliphatic rings. The zero-order valence-electron chi connectivity index (χ0n) is 11.4. The van der Waals surface area contributed by atoms with Crippen LogP contribution in [-0.4, -0.2) is 17.1 Å². The van der Waals surface area contributed by atoms with Crippen molar-refractivity contribution in [1.29, 1.82) is 0 Å². The molecule has 4 heteroatoms. The summed E-state index contributed by atoms with van der Waals surface area (Å²) in [6.07, 6.45) is 0. The fourth-order valence-electron chi connectivity index (χ4n) is 1.80. The number of benzene rings is 1. The monoisotopic (exact) mass is 290 g/mol. The Morgan fingerprint density at radius 1 is 1.32 bits per heavy atom. The van der Waals surface area contributed by atoms with Gasteiger partial charge >= 0.3 is 0 Å². The summed E-state index contributed by atoms with van der Waals surface area (Å²) in [5.74, 6) is 0. The molecule has 2 aromatic rings. The highest BCUT2D eigenvalue weighted by atomic mass is 32.1. The second-order valence-corrected chi connectivity index (χ2v) is 6.07. The van der Waals surface area contributed by atoms with Crippen LogP contribution < -0.4 is 5.32 Å². The van der Waals surface area contributed by atoms with Crippen LogP contribution in [0.1, 0.15) is 16.0 Å². The third kappa shape index (κ3) is 3.78. The van der Waals surface area contributed by atoms with Crippen molar-refractivity contribution in [3.8, 4) is 0 Å². The molecule has 19 heavy (non-hydrogen) atoms. The largest absolute Gasteiger partial charge is 0.347 e. The fourth-order valence-corrected chi connectivity index (χ4v) is 2.94. The van der Waals surface area contributed by atoms with Gasteiger partial charge < -0.3 is 10.2 Å². The standard InChI is InChI=1S/C15H18N2S2/c1-11-5-4-6-13(9-11)16-15(18)17(3)10-14-12(2)7-8-19-14/h4-9H,10H2,1-3H3,(H,16,18). The summed E-state index contributed by atoms with van der Waals surface area (Å²) in [6.45, 7) is 5.06. The molecule has 0 saturated carbocycles. The molecule has 1 heterocycles. The van der Waals surface area contributed by atoms with Gasteiger partial charge in [-0.05, 0) is 60.8 Å². The van der Waals surface area contributed by atoms with E-state index in [-0.39, 0.29) is 0 Å². The third-order valence-electron chi connectivity index (χ3n) is 2.96. The van der Waals surface area contributed by atoms with Gasteiger partial charge in [0.05, 0.1) is 6.54 Å². The zero-order chi connectivity index (χ0) is 13.8. The van der Waals surface area contributed by atoms with E-state index in [1.807, 2.05) is 19.2 Å². The van der Waals surface area contributed by atoms with E-state index in [4.69, 9.17) is 12.2 Å². The van der Waals surface area contributed by atoms with Crippen molar-refractivity contribution in [3.63, 3.8) is 0 Å². The van der Waals surface area contributed by atoms with Crippen molar-refractivity contribution in [1.82, 2.24) is 4.90 Å². The highest BCUT2D eigenvalue weighted by Gasteiger charge is 2.08. The Balaban J connectivity index is 1.98. The Bertz CT molecular complexity index is 575. The maximum Gasteiger partial charge on any atom is 0.173 e. The topological polar surface area (TPSA) is 15.3 Å². The van der Waals surface area contributed by atoms with Crippen LogP contribution in [0, 0.1) is 13.8 Å². The summed E-state index contributed by atoms with van der Waals surface area (Å²) in [4.78, 5) is 3.42. The highest BCUT2D eigenvalue weighted by Crippen LogP contribution is 2.18. The molecule has 1 N–H and O–H groups in total. The highest BCUT2D eigenvalue weighted by molar-refractivity contribution is 7.80. The van der Waals surface area contributed by atoms with E-state index in [0.717, 1.165) is 17.3 Å². The van der Waals surface area contributed by atoms with Gasteiger partial charge in [-0.1, -0.05) is 12.1 Å². The first kappa shape index (κ1) is 14.0. The number of thiophene rings is 1. The van der Waals surface area contributed by atoms with E-state index in [1.165, 1.54) is 16.0 Å². The minimum absolute atomic E-state index is 0.749. The number of hydrogen-bond acceptors (Lipinski definition) is 2. The Kier molecular flexibility index (Phi) is 4.56. The quantitative estimate of drug-likeness (QED) is 0.853. The van der Waals surface area contributed by atoms with E-state index in [9.17, 15) is 0 Å². The summed E-state index contributed by atoms with van der Waals surface area (Å²) in [7, 11) is 2.02. The van der Waals surface area contributed by atoms with Gasteiger partial charge in [0, 0.05) is 17.6 Å². The molecule has 0 aliphatic heterocycles. The predicted octanol–water partition coefficient (Wildman–Crippen LogP) is 4.19. The summed E-state index contributed by atoms with van der Waals surface area (Å²) in [6, 6.07) is 10.4. The molecule has 0 saturated heterocycles. The zero-order valence-corrected chi connectivity index (χ0v) is 13.1. The van der Waals surface area contributed by atoms with Crippen molar-refractivity contribution >= 4 is 34.4 Å². The normalized spacial score (nSPS) is 10.3. The van der Waals surface area contributed by atoms with Crippen LogP contribution in [0.25, 0.3) is 0 Å². The number of nitrogens with one attached hydrogen (secondary N) is 1. The molecule has 0 fully saturated rings. The van der Waals surface area contributed by atoms with Crippen molar-refractivity contribution in [2.75, 3.05) is 12.4 Å². The average Bonchev–Trinajstić information content (AvgIpc) is 2.75. The molecule has 0 spiro atoms. The van der Waals surface area contributed by atoms with Crippen LogP contribution in [0.2, 0.25) is 0 Å². The second-order valence-electron chi connectivity index (χ2n) is 4.68. The van der Waals surface area contributed by atoms with Crippen LogP contribution in [0.15, 0.2) is 35.7 Å². The van der Waals surface area contributed by atoms with Crippen LogP contribution in [0.5, 0.6) is 0 Å². The minimum atomic E-state index is 0.749. The number of anilines is 1. The fraction of sp³-hybridized carbons (Fsp3) is 0.267. The van der Waals surface area contributed by atoms with E-state index < -0.39 is 0 Å². The molecule has 1 aromatic carbocycles. The molecule has 0 atom stereocenters. The van der Waals surface area contributed by atoms with Crippen LogP contribution in [-0.2, 0) is 6.54 Å². The lowest BCUT2D eigenvalue weighted by Gasteiger charge is -2.21. The van der Waals surface area contributed by atoms with Crippen molar-refractivity contribution in [3.05, 3.63) is 51.7 Å². The van der Waals surface area contributed by atoms with Gasteiger partial charge in [-0.25, -0.2) is 0 Å². The number of rotatable bonds is 3. The summed E-state index contributed by atoms with van der Waals surface area (Å²) < 4.78 is 0. The molecular formula is C15H18N2S2. The van der Waals surface area contributed by atoms with Gasteiger partial charge in [0.25, 0.3) is 0 Å². The Morgan fingerprint density at radius 2 is 2.11 bits per heavy atom. The molecule has 0 aliphatic carbocycles. The van der Waals surface area contributed by atoms with E-state index in [1.54, 1.807) is 11.3 Å². The minimum Gasteiger partial charge on any atom is -0.347 e. The molecular weight excluding hydrogens is 272 g/mol.